The Kier molecular flexibility index (Phi) is 4.26. The zero-order valence-electron chi connectivity index (χ0n) is 8.86. The smallest absolute Gasteiger partial charge is 0.319 e. The average molecular weight is 223 g/mol. The van der Waals surface area contributed by atoms with Crippen molar-refractivity contribution in [1.82, 2.24) is 10.3 Å². The third-order valence-corrected chi connectivity index (χ3v) is 1.76. The van der Waals surface area contributed by atoms with Crippen LogP contribution in [-0.2, 0) is 4.79 Å². The van der Waals surface area contributed by atoms with E-state index in [9.17, 15) is 9.59 Å². The number of pyridine rings is 1. The Balaban J connectivity index is 2.37. The summed E-state index contributed by atoms with van der Waals surface area (Å²) in [6.07, 6.45) is 3.09. The zero-order valence-corrected chi connectivity index (χ0v) is 8.86. The van der Waals surface area contributed by atoms with E-state index in [1.165, 1.54) is 6.20 Å². The fourth-order valence-electron chi connectivity index (χ4n) is 1.08. The second-order valence-electron chi connectivity index (χ2n) is 3.28. The first kappa shape index (κ1) is 12.0. The summed E-state index contributed by atoms with van der Waals surface area (Å²) >= 11 is 0. The van der Waals surface area contributed by atoms with Gasteiger partial charge < -0.3 is 15.7 Å². The molecule has 2 amide bonds. The largest absolute Gasteiger partial charge is 0.481 e. The number of nitrogens with one attached hydrogen (secondary N) is 2. The number of aromatic nitrogens is 1. The lowest BCUT2D eigenvalue weighted by molar-refractivity contribution is -0.136. The molecular formula is C10H13N3O3. The van der Waals surface area contributed by atoms with Gasteiger partial charge in [0.1, 0.15) is 0 Å². The molecule has 1 rings (SSSR count). The Morgan fingerprint density at radius 3 is 2.81 bits per heavy atom. The number of amides is 2. The van der Waals surface area contributed by atoms with Crippen LogP contribution in [-0.4, -0.2) is 28.6 Å². The Hall–Kier alpha value is -2.11. The molecule has 6 heteroatoms. The van der Waals surface area contributed by atoms with Crippen LogP contribution >= 0.6 is 0 Å². The van der Waals surface area contributed by atoms with Gasteiger partial charge in [-0.15, -0.1) is 0 Å². The molecule has 1 aromatic heterocycles. The molecule has 0 unspecified atom stereocenters. The van der Waals surface area contributed by atoms with Crippen molar-refractivity contribution in [2.24, 2.45) is 0 Å². The number of anilines is 1. The van der Waals surface area contributed by atoms with Gasteiger partial charge in [-0.3, -0.25) is 9.78 Å². The molecule has 6 nitrogen and oxygen atoms in total. The number of carbonyl (C=O) groups is 2. The van der Waals surface area contributed by atoms with Crippen molar-refractivity contribution < 1.29 is 14.7 Å². The van der Waals surface area contributed by atoms with E-state index < -0.39 is 12.0 Å². The third kappa shape index (κ3) is 4.41. The predicted molar refractivity (Wildman–Crippen MR) is 58.2 cm³/mol. The molecule has 1 heterocycles. The number of rotatable bonds is 4. The normalized spacial score (nSPS) is 9.56. The van der Waals surface area contributed by atoms with E-state index in [0.29, 0.717) is 5.69 Å². The second-order valence-corrected chi connectivity index (χ2v) is 3.28. The molecule has 0 atom stereocenters. The first-order valence-electron chi connectivity index (χ1n) is 4.76. The monoisotopic (exact) mass is 223 g/mol. The number of urea groups is 1. The molecule has 16 heavy (non-hydrogen) atoms. The highest BCUT2D eigenvalue weighted by atomic mass is 16.4. The molecule has 0 aromatic carbocycles. The van der Waals surface area contributed by atoms with Gasteiger partial charge in [0.05, 0.1) is 18.3 Å². The van der Waals surface area contributed by atoms with Crippen LogP contribution in [0, 0.1) is 6.92 Å². The lowest BCUT2D eigenvalue weighted by Gasteiger charge is -2.06. The first-order chi connectivity index (χ1) is 7.58. The lowest BCUT2D eigenvalue weighted by Crippen LogP contribution is -2.30. The molecule has 0 spiro atoms. The van der Waals surface area contributed by atoms with Crippen molar-refractivity contribution in [2.45, 2.75) is 13.3 Å². The fourth-order valence-corrected chi connectivity index (χ4v) is 1.08. The summed E-state index contributed by atoms with van der Waals surface area (Å²) in [6.45, 7) is 1.96. The highest BCUT2D eigenvalue weighted by Crippen LogP contribution is 2.06. The predicted octanol–water partition coefficient (Wildman–Crippen LogP) is 0.986. The van der Waals surface area contributed by atoms with Crippen LogP contribution in [0.15, 0.2) is 18.5 Å². The number of carboxylic acid groups (broad SMARTS) is 1. The summed E-state index contributed by atoms with van der Waals surface area (Å²) in [5, 5.41) is 13.3. The van der Waals surface area contributed by atoms with Gasteiger partial charge in [-0.2, -0.15) is 0 Å². The molecule has 86 valence electrons. The van der Waals surface area contributed by atoms with Gasteiger partial charge in [0, 0.05) is 12.7 Å². The van der Waals surface area contributed by atoms with Crippen molar-refractivity contribution in [2.75, 3.05) is 11.9 Å². The first-order valence-corrected chi connectivity index (χ1v) is 4.76. The van der Waals surface area contributed by atoms with Gasteiger partial charge in [0.2, 0.25) is 0 Å². The topological polar surface area (TPSA) is 91.3 Å². The molecule has 0 saturated carbocycles. The standard InChI is InChI=1S/C10H13N3O3/c1-7-4-8(6-11-5-7)13-10(16)12-3-2-9(14)15/h4-6H,2-3H2,1H3,(H,14,15)(H2,12,13,16). The van der Waals surface area contributed by atoms with Crippen LogP contribution in [0.3, 0.4) is 0 Å². The van der Waals surface area contributed by atoms with E-state index in [2.05, 4.69) is 15.6 Å². The maximum atomic E-state index is 11.3. The highest BCUT2D eigenvalue weighted by molar-refractivity contribution is 5.89. The number of carboxylic acids is 1. The number of carbonyl (C=O) groups excluding carboxylic acids is 1. The highest BCUT2D eigenvalue weighted by Gasteiger charge is 2.02. The number of nitrogens with zero attached hydrogens (tertiary/aromatic N) is 1. The molecule has 0 aliphatic heterocycles. The average Bonchev–Trinajstić information content (AvgIpc) is 2.16. The molecule has 0 aliphatic carbocycles. The van der Waals surface area contributed by atoms with E-state index in [1.807, 2.05) is 6.92 Å². The van der Waals surface area contributed by atoms with Crippen LogP contribution < -0.4 is 10.6 Å². The zero-order chi connectivity index (χ0) is 12.0. The maximum absolute atomic E-state index is 11.3. The third-order valence-electron chi connectivity index (χ3n) is 1.76. The summed E-state index contributed by atoms with van der Waals surface area (Å²) in [5.41, 5.74) is 1.51. The quantitative estimate of drug-likeness (QED) is 0.709. The van der Waals surface area contributed by atoms with Crippen molar-refractivity contribution >= 4 is 17.7 Å². The van der Waals surface area contributed by atoms with E-state index in [4.69, 9.17) is 5.11 Å². The Morgan fingerprint density at radius 1 is 1.44 bits per heavy atom. The summed E-state index contributed by atoms with van der Waals surface area (Å²) in [7, 11) is 0. The summed E-state index contributed by atoms with van der Waals surface area (Å²) < 4.78 is 0. The second kappa shape index (κ2) is 5.69. The van der Waals surface area contributed by atoms with Gasteiger partial charge >= 0.3 is 12.0 Å². The van der Waals surface area contributed by atoms with Gasteiger partial charge in [-0.05, 0) is 18.6 Å². The van der Waals surface area contributed by atoms with Crippen molar-refractivity contribution in [3.05, 3.63) is 24.0 Å². The van der Waals surface area contributed by atoms with Crippen LogP contribution in [0.4, 0.5) is 10.5 Å². The minimum absolute atomic E-state index is 0.0976. The van der Waals surface area contributed by atoms with E-state index in [0.717, 1.165) is 5.56 Å². The molecule has 0 saturated heterocycles. The number of aliphatic carboxylic acids is 1. The summed E-state index contributed by atoms with van der Waals surface area (Å²) in [4.78, 5) is 25.4. The van der Waals surface area contributed by atoms with Crippen molar-refractivity contribution in [1.29, 1.82) is 0 Å². The molecule has 3 N–H and O–H groups in total. The van der Waals surface area contributed by atoms with Crippen LogP contribution in [0.2, 0.25) is 0 Å². The number of aryl methyl sites for hydroxylation is 1. The number of hydrogen-bond acceptors (Lipinski definition) is 3. The number of hydrogen-bond donors (Lipinski definition) is 3. The van der Waals surface area contributed by atoms with E-state index in [-0.39, 0.29) is 13.0 Å². The maximum Gasteiger partial charge on any atom is 0.319 e. The van der Waals surface area contributed by atoms with E-state index in [1.54, 1.807) is 12.3 Å². The summed E-state index contributed by atoms with van der Waals surface area (Å²) in [5.74, 6) is -0.947. The molecule has 1 aromatic rings. The molecule has 0 bridgehead atoms. The van der Waals surface area contributed by atoms with Gasteiger partial charge in [-0.1, -0.05) is 0 Å². The minimum Gasteiger partial charge on any atom is -0.481 e. The molecular weight excluding hydrogens is 210 g/mol. The van der Waals surface area contributed by atoms with Gasteiger partial charge in [-0.25, -0.2) is 4.79 Å². The molecule has 0 fully saturated rings. The van der Waals surface area contributed by atoms with Crippen LogP contribution in [0.1, 0.15) is 12.0 Å². The minimum atomic E-state index is -0.947. The van der Waals surface area contributed by atoms with Gasteiger partial charge in [0.25, 0.3) is 0 Å². The lowest BCUT2D eigenvalue weighted by atomic mass is 10.3. The Bertz CT molecular complexity index is 393. The molecule has 0 aliphatic rings. The molecule has 0 radical (unpaired) electrons. The van der Waals surface area contributed by atoms with Crippen molar-refractivity contribution in [3.8, 4) is 0 Å². The van der Waals surface area contributed by atoms with Crippen molar-refractivity contribution in [3.63, 3.8) is 0 Å². The Morgan fingerprint density at radius 2 is 2.19 bits per heavy atom. The van der Waals surface area contributed by atoms with Gasteiger partial charge in [0.15, 0.2) is 0 Å². The fraction of sp³-hybridized carbons (Fsp3) is 0.300. The Labute approximate surface area is 92.7 Å². The van der Waals surface area contributed by atoms with Crippen LogP contribution in [0.25, 0.3) is 0 Å². The van der Waals surface area contributed by atoms with E-state index >= 15 is 0 Å². The SMILES string of the molecule is Cc1cncc(NC(=O)NCCC(=O)O)c1. The van der Waals surface area contributed by atoms with Crippen LogP contribution in [0.5, 0.6) is 0 Å². The summed E-state index contributed by atoms with van der Waals surface area (Å²) in [6, 6.07) is 1.33.